The number of primary amides is 1. The van der Waals surface area contributed by atoms with Gasteiger partial charge in [0.25, 0.3) is 5.91 Å². The van der Waals surface area contributed by atoms with Gasteiger partial charge in [0.05, 0.1) is 0 Å². The van der Waals surface area contributed by atoms with E-state index in [1.54, 1.807) is 17.0 Å². The summed E-state index contributed by atoms with van der Waals surface area (Å²) in [7, 11) is 0. The second kappa shape index (κ2) is 6.62. The molecule has 0 spiro atoms. The summed E-state index contributed by atoms with van der Waals surface area (Å²) < 4.78 is 0. The average Bonchev–Trinajstić information content (AvgIpc) is 2.47. The van der Waals surface area contributed by atoms with Crippen molar-refractivity contribution < 1.29 is 9.59 Å². The van der Waals surface area contributed by atoms with E-state index < -0.39 is 0 Å². The highest BCUT2D eigenvalue weighted by Crippen LogP contribution is 2.21. The highest BCUT2D eigenvalue weighted by Gasteiger charge is 2.25. The van der Waals surface area contributed by atoms with Gasteiger partial charge in [-0.05, 0) is 30.9 Å². The van der Waals surface area contributed by atoms with Crippen LogP contribution < -0.4 is 11.5 Å². The minimum atomic E-state index is -0.283. The van der Waals surface area contributed by atoms with Crippen molar-refractivity contribution in [1.29, 1.82) is 0 Å². The van der Waals surface area contributed by atoms with Gasteiger partial charge in [-0.2, -0.15) is 0 Å². The third-order valence-electron chi connectivity index (χ3n) is 3.66. The van der Waals surface area contributed by atoms with Crippen molar-refractivity contribution in [3.63, 3.8) is 0 Å². The van der Waals surface area contributed by atoms with E-state index in [0.717, 1.165) is 12.8 Å². The summed E-state index contributed by atoms with van der Waals surface area (Å²) in [5.74, 6) is -0.117. The first kappa shape index (κ1) is 15.4. The lowest BCUT2D eigenvalue weighted by Gasteiger charge is -2.31. The summed E-state index contributed by atoms with van der Waals surface area (Å²) in [5.41, 5.74) is 11.7. The van der Waals surface area contributed by atoms with Crippen LogP contribution >= 0.6 is 12.2 Å². The van der Waals surface area contributed by atoms with E-state index in [1.165, 1.54) is 6.20 Å². The van der Waals surface area contributed by atoms with Gasteiger partial charge in [-0.3, -0.25) is 14.6 Å². The summed E-state index contributed by atoms with van der Waals surface area (Å²) in [4.78, 5) is 29.3. The highest BCUT2D eigenvalue weighted by atomic mass is 32.1. The van der Waals surface area contributed by atoms with Crippen LogP contribution in [-0.2, 0) is 4.79 Å². The number of likely N-dealkylation sites (tertiary alicyclic amines) is 1. The first-order chi connectivity index (χ1) is 9.97. The van der Waals surface area contributed by atoms with Crippen LogP contribution in [0, 0.1) is 5.92 Å². The van der Waals surface area contributed by atoms with E-state index in [9.17, 15) is 9.59 Å². The van der Waals surface area contributed by atoms with E-state index in [1.807, 2.05) is 0 Å². The fourth-order valence-corrected chi connectivity index (χ4v) is 2.57. The molecule has 7 heteroatoms. The van der Waals surface area contributed by atoms with Crippen molar-refractivity contribution in [1.82, 2.24) is 9.88 Å². The van der Waals surface area contributed by atoms with E-state index in [4.69, 9.17) is 23.7 Å². The highest BCUT2D eigenvalue weighted by molar-refractivity contribution is 7.80. The van der Waals surface area contributed by atoms with E-state index in [0.29, 0.717) is 30.8 Å². The Morgan fingerprint density at radius 3 is 2.43 bits per heavy atom. The Labute approximate surface area is 128 Å². The summed E-state index contributed by atoms with van der Waals surface area (Å²) in [6, 6.07) is 3.33. The molecule has 0 atom stereocenters. The molecule has 6 nitrogen and oxygen atoms in total. The largest absolute Gasteiger partial charge is 0.389 e. The number of carbonyl (C=O) groups excluding carboxylic acids is 2. The lowest BCUT2D eigenvalue weighted by atomic mass is 9.93. The summed E-state index contributed by atoms with van der Waals surface area (Å²) >= 11 is 4.85. The van der Waals surface area contributed by atoms with Crippen molar-refractivity contribution in [3.8, 4) is 0 Å². The lowest BCUT2D eigenvalue weighted by molar-refractivity contribution is -0.119. The predicted octanol–water partition coefficient (Wildman–Crippen LogP) is 0.443. The molecule has 0 aromatic carbocycles. The van der Waals surface area contributed by atoms with Crippen molar-refractivity contribution in [2.24, 2.45) is 17.4 Å². The van der Waals surface area contributed by atoms with Gasteiger partial charge in [0, 0.05) is 31.3 Å². The molecular formula is C14H18N4O2S. The zero-order chi connectivity index (χ0) is 15.4. The van der Waals surface area contributed by atoms with Crippen LogP contribution in [-0.4, -0.2) is 39.8 Å². The molecule has 0 saturated carbocycles. The van der Waals surface area contributed by atoms with Crippen molar-refractivity contribution >= 4 is 29.0 Å². The molecule has 4 N–H and O–H groups in total. The van der Waals surface area contributed by atoms with Crippen molar-refractivity contribution in [2.45, 2.75) is 19.3 Å². The SMILES string of the molecule is NC(=O)CC1CCN(C(=O)c2ccc(C(N)=S)cn2)CC1. The van der Waals surface area contributed by atoms with E-state index in [-0.39, 0.29) is 22.7 Å². The molecule has 2 rings (SSSR count). The summed E-state index contributed by atoms with van der Waals surface area (Å²) in [6.45, 7) is 1.24. The number of pyridine rings is 1. The van der Waals surface area contributed by atoms with E-state index in [2.05, 4.69) is 4.98 Å². The topological polar surface area (TPSA) is 102 Å². The molecule has 112 valence electrons. The van der Waals surface area contributed by atoms with Crippen LogP contribution in [0.3, 0.4) is 0 Å². The molecule has 2 amide bonds. The number of rotatable bonds is 4. The molecule has 1 fully saturated rings. The molecule has 21 heavy (non-hydrogen) atoms. The Hall–Kier alpha value is -2.02. The van der Waals surface area contributed by atoms with Gasteiger partial charge in [-0.1, -0.05) is 12.2 Å². The average molecular weight is 306 g/mol. The van der Waals surface area contributed by atoms with E-state index >= 15 is 0 Å². The fraction of sp³-hybridized carbons (Fsp3) is 0.429. The van der Waals surface area contributed by atoms with Gasteiger partial charge < -0.3 is 16.4 Å². The minimum Gasteiger partial charge on any atom is -0.389 e. The molecule has 1 aromatic heterocycles. The number of hydrogen-bond donors (Lipinski definition) is 2. The quantitative estimate of drug-likeness (QED) is 0.786. The van der Waals surface area contributed by atoms with Crippen LogP contribution in [0.2, 0.25) is 0 Å². The fourth-order valence-electron chi connectivity index (χ4n) is 2.45. The number of nitrogens with zero attached hydrogens (tertiary/aromatic N) is 2. The molecule has 1 aromatic rings. The third kappa shape index (κ3) is 3.98. The van der Waals surface area contributed by atoms with Gasteiger partial charge >= 0.3 is 0 Å². The monoisotopic (exact) mass is 306 g/mol. The first-order valence-electron chi connectivity index (χ1n) is 6.81. The normalized spacial score (nSPS) is 15.7. The molecule has 1 saturated heterocycles. The van der Waals surface area contributed by atoms with Gasteiger partial charge in [0.1, 0.15) is 10.7 Å². The Morgan fingerprint density at radius 1 is 1.29 bits per heavy atom. The number of carbonyl (C=O) groups is 2. The number of thiocarbonyl (C=S) groups is 1. The Kier molecular flexibility index (Phi) is 4.85. The minimum absolute atomic E-state index is 0.109. The summed E-state index contributed by atoms with van der Waals surface area (Å²) in [5, 5.41) is 0. The third-order valence-corrected chi connectivity index (χ3v) is 3.89. The number of amides is 2. The van der Waals surface area contributed by atoms with Crippen LogP contribution in [0.15, 0.2) is 18.3 Å². The second-order valence-corrected chi connectivity index (χ2v) is 5.64. The molecule has 0 unspecified atom stereocenters. The second-order valence-electron chi connectivity index (χ2n) is 5.20. The zero-order valence-corrected chi connectivity index (χ0v) is 12.4. The number of piperidine rings is 1. The van der Waals surface area contributed by atoms with Crippen LogP contribution in [0.5, 0.6) is 0 Å². The van der Waals surface area contributed by atoms with Crippen molar-refractivity contribution in [3.05, 3.63) is 29.6 Å². The maximum atomic E-state index is 12.3. The maximum absolute atomic E-state index is 12.3. The molecule has 1 aliphatic rings. The molecule has 1 aliphatic heterocycles. The van der Waals surface area contributed by atoms with Crippen molar-refractivity contribution in [2.75, 3.05) is 13.1 Å². The van der Waals surface area contributed by atoms with Crippen LogP contribution in [0.25, 0.3) is 0 Å². The molecular weight excluding hydrogens is 288 g/mol. The van der Waals surface area contributed by atoms with Gasteiger partial charge in [0.2, 0.25) is 5.91 Å². The Morgan fingerprint density at radius 2 is 1.95 bits per heavy atom. The smallest absolute Gasteiger partial charge is 0.272 e. The maximum Gasteiger partial charge on any atom is 0.272 e. The van der Waals surface area contributed by atoms with Crippen LogP contribution in [0.4, 0.5) is 0 Å². The number of aromatic nitrogens is 1. The molecule has 2 heterocycles. The molecule has 0 bridgehead atoms. The van der Waals surface area contributed by atoms with Gasteiger partial charge in [-0.25, -0.2) is 0 Å². The first-order valence-corrected chi connectivity index (χ1v) is 7.21. The molecule has 0 radical (unpaired) electrons. The zero-order valence-electron chi connectivity index (χ0n) is 11.6. The van der Waals surface area contributed by atoms with Crippen LogP contribution in [0.1, 0.15) is 35.3 Å². The predicted molar refractivity (Wildman–Crippen MR) is 82.6 cm³/mol. The van der Waals surface area contributed by atoms with Gasteiger partial charge in [0.15, 0.2) is 0 Å². The standard InChI is InChI=1S/C14H18N4O2S/c15-12(19)7-9-3-5-18(6-4-9)14(20)11-2-1-10(8-17-11)13(16)21/h1-2,8-9H,3-7H2,(H2,15,19)(H2,16,21). The number of hydrogen-bond acceptors (Lipinski definition) is 4. The van der Waals surface area contributed by atoms with Gasteiger partial charge in [-0.15, -0.1) is 0 Å². The molecule has 0 aliphatic carbocycles. The summed E-state index contributed by atoms with van der Waals surface area (Å²) in [6.07, 6.45) is 3.48. The Balaban J connectivity index is 1.95. The lowest BCUT2D eigenvalue weighted by Crippen LogP contribution is -2.39. The number of nitrogens with two attached hydrogens (primary N) is 2. The Bertz CT molecular complexity index is 551.